The summed E-state index contributed by atoms with van der Waals surface area (Å²) < 4.78 is 25.3. The average Bonchev–Trinajstić information content (AvgIpc) is 2.73. The molecule has 1 fully saturated rings. The summed E-state index contributed by atoms with van der Waals surface area (Å²) in [6.45, 7) is 0.988. The molecule has 3 aromatic rings. The van der Waals surface area contributed by atoms with Crippen LogP contribution in [0.1, 0.15) is 33.1 Å². The van der Waals surface area contributed by atoms with Crippen molar-refractivity contribution in [2.24, 2.45) is 0 Å². The van der Waals surface area contributed by atoms with E-state index in [9.17, 15) is 18.3 Å². The van der Waals surface area contributed by atoms with Crippen LogP contribution in [0.2, 0.25) is 0 Å². The molecule has 1 aliphatic rings. The zero-order chi connectivity index (χ0) is 22.0. The second-order valence-corrected chi connectivity index (χ2v) is 9.67. The summed E-state index contributed by atoms with van der Waals surface area (Å²) in [4.78, 5) is 13.8. The van der Waals surface area contributed by atoms with Gasteiger partial charge in [0.15, 0.2) is 9.84 Å². The Morgan fingerprint density at radius 3 is 1.81 bits per heavy atom. The lowest BCUT2D eigenvalue weighted by Crippen LogP contribution is -2.44. The predicted molar refractivity (Wildman–Crippen MR) is 129 cm³/mol. The molecule has 1 heterocycles. The van der Waals surface area contributed by atoms with Crippen molar-refractivity contribution in [1.29, 1.82) is 0 Å². The third-order valence-corrected chi connectivity index (χ3v) is 6.71. The van der Waals surface area contributed by atoms with Gasteiger partial charge in [-0.05, 0) is 34.4 Å². The SMILES string of the molecule is CS(=O)(=O)C(=C1CN(C(c2ccccc2)c2ccccc2)C1)c1cccc(C(=O)O)c1.Cl. The summed E-state index contributed by atoms with van der Waals surface area (Å²) in [6.07, 6.45) is 1.18. The molecule has 0 aromatic heterocycles. The number of nitrogens with zero attached hydrogens (tertiary/aromatic N) is 1. The number of rotatable bonds is 6. The van der Waals surface area contributed by atoms with Crippen molar-refractivity contribution in [3.05, 3.63) is 113 Å². The molecule has 5 nitrogen and oxygen atoms in total. The first-order chi connectivity index (χ1) is 14.8. The fourth-order valence-corrected chi connectivity index (χ4v) is 5.34. The zero-order valence-electron chi connectivity index (χ0n) is 17.5. The number of hydrogen-bond acceptors (Lipinski definition) is 4. The molecular formula is C25H24ClNO4S. The molecule has 7 heteroatoms. The zero-order valence-corrected chi connectivity index (χ0v) is 19.1. The highest BCUT2D eigenvalue weighted by atomic mass is 35.5. The van der Waals surface area contributed by atoms with E-state index in [-0.39, 0.29) is 28.9 Å². The van der Waals surface area contributed by atoms with Crippen LogP contribution in [0.4, 0.5) is 0 Å². The summed E-state index contributed by atoms with van der Waals surface area (Å²) in [5.41, 5.74) is 3.57. The van der Waals surface area contributed by atoms with Gasteiger partial charge in [-0.25, -0.2) is 13.2 Å². The van der Waals surface area contributed by atoms with E-state index in [1.807, 2.05) is 36.4 Å². The average molecular weight is 470 g/mol. The number of benzene rings is 3. The van der Waals surface area contributed by atoms with E-state index in [1.165, 1.54) is 18.4 Å². The highest BCUT2D eigenvalue weighted by Gasteiger charge is 2.34. The van der Waals surface area contributed by atoms with E-state index in [0.717, 1.165) is 16.7 Å². The number of carbonyl (C=O) groups is 1. The van der Waals surface area contributed by atoms with Gasteiger partial charge in [-0.2, -0.15) is 0 Å². The van der Waals surface area contributed by atoms with Crippen molar-refractivity contribution >= 4 is 33.1 Å². The Labute approximate surface area is 194 Å². The fourth-order valence-electron chi connectivity index (χ4n) is 4.13. The van der Waals surface area contributed by atoms with Crippen LogP contribution in [0.3, 0.4) is 0 Å². The molecule has 0 atom stereocenters. The van der Waals surface area contributed by atoms with E-state index in [4.69, 9.17) is 0 Å². The number of halogens is 1. The standard InChI is InChI=1S/C25H23NO4S.ClH/c1-31(29,30)24(20-13-8-14-21(15-20)25(27)28)22-16-26(17-22)23(18-9-4-2-5-10-18)19-11-6-3-7-12-19;/h2-15,23H,16-17H2,1H3,(H,27,28);1H. The van der Waals surface area contributed by atoms with Gasteiger partial charge in [-0.3, -0.25) is 4.90 Å². The first kappa shape index (κ1) is 23.7. The third-order valence-electron chi connectivity index (χ3n) is 5.45. The predicted octanol–water partition coefficient (Wildman–Crippen LogP) is 4.67. The molecule has 166 valence electrons. The quantitative estimate of drug-likeness (QED) is 0.568. The minimum atomic E-state index is -3.54. The lowest BCUT2D eigenvalue weighted by molar-refractivity contribution is 0.0697. The molecule has 0 radical (unpaired) electrons. The molecular weight excluding hydrogens is 446 g/mol. The summed E-state index contributed by atoms with van der Waals surface area (Å²) >= 11 is 0. The summed E-state index contributed by atoms with van der Waals surface area (Å²) in [6, 6.07) is 26.4. The van der Waals surface area contributed by atoms with Crippen LogP contribution >= 0.6 is 12.4 Å². The van der Waals surface area contributed by atoms with Gasteiger partial charge in [0.05, 0.1) is 16.5 Å². The maximum atomic E-state index is 12.6. The monoisotopic (exact) mass is 469 g/mol. The molecule has 1 saturated heterocycles. The lowest BCUT2D eigenvalue weighted by atomic mass is 9.92. The minimum absolute atomic E-state index is 0. The van der Waals surface area contributed by atoms with Crippen LogP contribution < -0.4 is 0 Å². The van der Waals surface area contributed by atoms with Crippen molar-refractivity contribution in [3.8, 4) is 0 Å². The molecule has 1 aliphatic heterocycles. The van der Waals surface area contributed by atoms with Crippen molar-refractivity contribution in [2.75, 3.05) is 19.3 Å². The Morgan fingerprint density at radius 2 is 1.34 bits per heavy atom. The largest absolute Gasteiger partial charge is 0.478 e. The van der Waals surface area contributed by atoms with Crippen molar-refractivity contribution in [2.45, 2.75) is 6.04 Å². The Morgan fingerprint density at radius 1 is 0.844 bits per heavy atom. The van der Waals surface area contributed by atoms with Crippen LogP contribution in [0.5, 0.6) is 0 Å². The molecule has 0 spiro atoms. The van der Waals surface area contributed by atoms with Gasteiger partial charge in [0, 0.05) is 19.3 Å². The number of sulfone groups is 1. The van der Waals surface area contributed by atoms with Gasteiger partial charge < -0.3 is 5.11 Å². The third kappa shape index (κ3) is 4.93. The molecule has 3 aromatic carbocycles. The molecule has 0 bridgehead atoms. The molecule has 0 unspecified atom stereocenters. The van der Waals surface area contributed by atoms with E-state index in [2.05, 4.69) is 29.2 Å². The fraction of sp³-hybridized carbons (Fsp3) is 0.160. The second-order valence-electron chi connectivity index (χ2n) is 7.72. The summed E-state index contributed by atoms with van der Waals surface area (Å²) in [5.74, 6) is -1.08. The van der Waals surface area contributed by atoms with Crippen LogP contribution in [-0.2, 0) is 9.84 Å². The minimum Gasteiger partial charge on any atom is -0.478 e. The highest BCUT2D eigenvalue weighted by molar-refractivity contribution is 8.00. The van der Waals surface area contributed by atoms with E-state index < -0.39 is 15.8 Å². The molecule has 4 rings (SSSR count). The Bertz CT molecular complexity index is 1190. The van der Waals surface area contributed by atoms with Crippen LogP contribution in [-0.4, -0.2) is 43.7 Å². The number of hydrogen-bond donors (Lipinski definition) is 1. The van der Waals surface area contributed by atoms with Crippen molar-refractivity contribution in [3.63, 3.8) is 0 Å². The molecule has 0 amide bonds. The van der Waals surface area contributed by atoms with E-state index >= 15 is 0 Å². The summed E-state index contributed by atoms with van der Waals surface area (Å²) in [7, 11) is -3.54. The topological polar surface area (TPSA) is 74.7 Å². The highest BCUT2D eigenvalue weighted by Crippen LogP contribution is 2.38. The van der Waals surface area contributed by atoms with Crippen LogP contribution in [0.25, 0.3) is 4.91 Å². The van der Waals surface area contributed by atoms with E-state index in [0.29, 0.717) is 18.7 Å². The lowest BCUT2D eigenvalue weighted by Gasteiger charge is -2.42. The molecule has 32 heavy (non-hydrogen) atoms. The molecule has 1 N–H and O–H groups in total. The number of likely N-dealkylation sites (tertiary alicyclic amines) is 1. The number of carboxylic acids is 1. The molecule has 0 saturated carbocycles. The van der Waals surface area contributed by atoms with Gasteiger partial charge in [0.2, 0.25) is 0 Å². The second kappa shape index (κ2) is 9.69. The van der Waals surface area contributed by atoms with Crippen LogP contribution in [0.15, 0.2) is 90.5 Å². The van der Waals surface area contributed by atoms with E-state index in [1.54, 1.807) is 12.1 Å². The first-order valence-electron chi connectivity index (χ1n) is 9.94. The maximum absolute atomic E-state index is 12.6. The Kier molecular flexibility index (Phi) is 7.19. The van der Waals surface area contributed by atoms with Gasteiger partial charge in [-0.15, -0.1) is 12.4 Å². The molecule has 0 aliphatic carbocycles. The summed E-state index contributed by atoms with van der Waals surface area (Å²) in [5, 5.41) is 9.30. The first-order valence-corrected chi connectivity index (χ1v) is 11.8. The van der Waals surface area contributed by atoms with Gasteiger partial charge >= 0.3 is 5.97 Å². The normalized spacial score (nSPS) is 13.9. The van der Waals surface area contributed by atoms with Gasteiger partial charge in [0.25, 0.3) is 0 Å². The Hall–Kier alpha value is -2.93. The van der Waals surface area contributed by atoms with Crippen molar-refractivity contribution in [1.82, 2.24) is 4.90 Å². The maximum Gasteiger partial charge on any atom is 0.335 e. The number of aromatic carboxylic acids is 1. The smallest absolute Gasteiger partial charge is 0.335 e. The van der Waals surface area contributed by atoms with Gasteiger partial charge in [0.1, 0.15) is 0 Å². The van der Waals surface area contributed by atoms with Crippen LogP contribution in [0, 0.1) is 0 Å². The Balaban J connectivity index is 0.00000289. The number of carboxylic acid groups (broad SMARTS) is 1. The van der Waals surface area contributed by atoms with Gasteiger partial charge in [-0.1, -0.05) is 72.8 Å². The van der Waals surface area contributed by atoms with Crippen molar-refractivity contribution < 1.29 is 18.3 Å².